The highest BCUT2D eigenvalue weighted by atomic mass is 127. The lowest BCUT2D eigenvalue weighted by Gasteiger charge is -2.07. The molecule has 0 radical (unpaired) electrons. The van der Waals surface area contributed by atoms with Crippen molar-refractivity contribution < 1.29 is 14.6 Å². The first-order valence-corrected chi connectivity index (χ1v) is 41.1. The van der Waals surface area contributed by atoms with Crippen LogP contribution < -0.4 is 15.2 Å². The highest BCUT2D eigenvalue weighted by molar-refractivity contribution is 14.1. The predicted molar refractivity (Wildman–Crippen MR) is 498 cm³/mol. The molecule has 22 aromatic rings. The van der Waals surface area contributed by atoms with Gasteiger partial charge in [-0.15, -0.1) is 47.3 Å². The number of fused-ring (bicyclic) bond motifs is 9. The highest BCUT2D eigenvalue weighted by Gasteiger charge is 2.19. The zero-order valence-corrected chi connectivity index (χ0v) is 70.7. The molecule has 0 aliphatic heterocycles. The largest absolute Gasteiger partial charge is 0.508 e. The number of hydrogen-bond acceptors (Lipinski definition) is 9. The van der Waals surface area contributed by atoms with Crippen molar-refractivity contribution in [2.45, 2.75) is 0 Å². The van der Waals surface area contributed by atoms with Crippen LogP contribution in [0, 0.1) is 7.40 Å². The van der Waals surface area contributed by atoms with Gasteiger partial charge in [-0.3, -0.25) is 23.7 Å². The Morgan fingerprint density at radius 1 is 0.339 bits per heavy atom. The van der Waals surface area contributed by atoms with Crippen LogP contribution in [0.15, 0.2) is 339 Å². The third kappa shape index (κ3) is 16.7. The molecule has 21 heteroatoms. The molecule has 548 valence electrons. The number of aromatic nitrogens is 10. The fourth-order valence-electron chi connectivity index (χ4n) is 14.1. The van der Waals surface area contributed by atoms with Gasteiger partial charge in [0.1, 0.15) is 42.1 Å². The van der Waals surface area contributed by atoms with Crippen LogP contribution in [0.2, 0.25) is 0 Å². The second-order valence-electron chi connectivity index (χ2n) is 25.5. The molecule has 12 aromatic carbocycles. The molecule has 0 bridgehead atoms. The van der Waals surface area contributed by atoms with Crippen LogP contribution >= 0.6 is 108 Å². The molecule has 0 saturated heterocycles. The number of phenols is 1. The molecule has 0 amide bonds. The number of aromatic hydroxyl groups is 1. The molecule has 14 nitrogen and oxygen atoms in total. The number of methoxy groups -OCH3 is 2. The molecule has 22 rings (SSSR count). The van der Waals surface area contributed by atoms with Gasteiger partial charge in [0.25, 0.3) is 0 Å². The van der Waals surface area contributed by atoms with E-state index in [1.807, 2.05) is 158 Å². The van der Waals surface area contributed by atoms with Crippen molar-refractivity contribution >= 4 is 248 Å². The monoisotopic (exact) mass is 1940 g/mol. The number of hydrogen-bond donors (Lipinski definition) is 4. The van der Waals surface area contributed by atoms with Gasteiger partial charge in [-0.25, -0.2) is 15.0 Å². The van der Waals surface area contributed by atoms with Gasteiger partial charge in [0.2, 0.25) is 0 Å². The number of halogens is 6. The maximum Gasteiger partial charge on any atom is 0.369 e. The summed E-state index contributed by atoms with van der Waals surface area (Å²) in [6.45, 7) is 0. The van der Waals surface area contributed by atoms with Crippen LogP contribution in [0.25, 0.3) is 148 Å². The second-order valence-corrected chi connectivity index (χ2v) is 35.1. The molecule has 0 fully saturated rings. The third-order valence-corrected chi connectivity index (χ3v) is 20.5. The van der Waals surface area contributed by atoms with Gasteiger partial charge in [0, 0.05) is 130 Å². The number of nitrogen functional groups attached to an aromatic ring is 1. The molecular formula is C91H66BBr4I2N11O3. The number of ether oxygens (including phenoxy) is 2. The number of rotatable bonds is 5. The summed E-state index contributed by atoms with van der Waals surface area (Å²) in [5, 5.41) is 27.2. The third-order valence-electron chi connectivity index (χ3n) is 18.8. The van der Waals surface area contributed by atoms with E-state index in [1.54, 1.807) is 44.9 Å². The van der Waals surface area contributed by atoms with Gasteiger partial charge in [-0.1, -0.05) is 149 Å². The van der Waals surface area contributed by atoms with Gasteiger partial charge < -0.3 is 30.3 Å². The van der Waals surface area contributed by atoms with Crippen LogP contribution in [0.5, 0.6) is 17.2 Å². The van der Waals surface area contributed by atoms with Crippen molar-refractivity contribution in [2.24, 2.45) is 0 Å². The maximum atomic E-state index is 9.79. The molecular weight excluding hydrogens is 1880 g/mol. The lowest BCUT2D eigenvalue weighted by Crippen LogP contribution is -1.96. The number of aromatic amines is 2. The number of para-hydroxylation sites is 3. The van der Waals surface area contributed by atoms with E-state index >= 15 is 0 Å². The molecule has 0 saturated carbocycles. The molecule has 10 aromatic heterocycles. The van der Waals surface area contributed by atoms with Crippen LogP contribution in [-0.4, -0.2) is 71.1 Å². The number of nitrogens with one attached hydrogen (secondary N) is 2. The smallest absolute Gasteiger partial charge is 0.369 e. The Morgan fingerprint density at radius 2 is 0.750 bits per heavy atom. The first-order valence-electron chi connectivity index (χ1n) is 35.4. The lowest BCUT2D eigenvalue weighted by atomic mass is 10.0. The zero-order valence-electron chi connectivity index (χ0n) is 60.0. The van der Waals surface area contributed by atoms with Crippen molar-refractivity contribution in [3.63, 3.8) is 0 Å². The lowest BCUT2D eigenvalue weighted by molar-refractivity contribution is 0.415. The quantitative estimate of drug-likeness (QED) is 0.0430. The van der Waals surface area contributed by atoms with Gasteiger partial charge in [0.05, 0.1) is 52.8 Å². The zero-order chi connectivity index (χ0) is 77.2. The molecule has 0 spiro atoms. The molecule has 0 atom stereocenters. The van der Waals surface area contributed by atoms with E-state index in [4.69, 9.17) is 15.2 Å². The number of pyridine rings is 5. The molecule has 112 heavy (non-hydrogen) atoms. The molecule has 0 aliphatic carbocycles. The van der Waals surface area contributed by atoms with Crippen molar-refractivity contribution in [3.05, 3.63) is 346 Å². The van der Waals surface area contributed by atoms with Crippen LogP contribution in [0.3, 0.4) is 0 Å². The number of nitrogens with zero attached hydrogens (tertiary/aromatic N) is 8. The predicted octanol–water partition coefficient (Wildman–Crippen LogP) is 26.0. The minimum absolute atomic E-state index is 0.262. The van der Waals surface area contributed by atoms with Crippen molar-refractivity contribution in [1.82, 2.24) is 48.6 Å². The van der Waals surface area contributed by atoms with Gasteiger partial charge in [-0.2, -0.15) is 0 Å². The van der Waals surface area contributed by atoms with Crippen LogP contribution in [0.1, 0.15) is 0 Å². The van der Waals surface area contributed by atoms with Gasteiger partial charge in [-0.05, 0) is 218 Å². The average molecular weight is 1950 g/mol. The molecule has 0 aliphatic rings. The summed E-state index contributed by atoms with van der Waals surface area (Å²) in [6, 6.07) is 102. The van der Waals surface area contributed by atoms with E-state index < -0.39 is 0 Å². The SMILES string of the molecule is BrB(Br)Br.Brc1cc2ccc3cccc4[nH]c(c1)c2c34.COc1ccc2c(c1)[nH]c1ccccc12.COc1ccc2c3ccccc3n(-c3ccccn3)c2c1.Ic1ccccn1.Ic1ccccn1.Nc1cc2ccc3cccc4c3c2c(c1)n4-c1ccccn1.Oc1ccc2c3ccccc3n(-c3ccccn3)c2c1. The summed E-state index contributed by atoms with van der Waals surface area (Å²) in [6.07, 6.45) is 8.97. The van der Waals surface area contributed by atoms with E-state index in [9.17, 15) is 5.11 Å². The number of benzene rings is 12. The van der Waals surface area contributed by atoms with E-state index in [0.29, 0.717) is 0 Å². The number of nitrogens with two attached hydrogens (primary N) is 1. The first-order chi connectivity index (χ1) is 54.8. The normalized spacial score (nSPS) is 10.9. The van der Waals surface area contributed by atoms with E-state index in [2.05, 4.69) is 303 Å². The summed E-state index contributed by atoms with van der Waals surface area (Å²) in [4.78, 5) is 28.2. The van der Waals surface area contributed by atoms with Crippen molar-refractivity contribution in [2.75, 3.05) is 20.0 Å². The van der Waals surface area contributed by atoms with Gasteiger partial charge >= 0.3 is 3.18 Å². The van der Waals surface area contributed by atoms with Crippen molar-refractivity contribution in [3.8, 4) is 34.7 Å². The number of H-pyrrole nitrogens is 2. The Kier molecular flexibility index (Phi) is 24.0. The Balaban J connectivity index is 0.000000105. The Bertz CT molecular complexity index is 6900. The fourth-order valence-corrected chi connectivity index (χ4v) is 15.4. The van der Waals surface area contributed by atoms with E-state index in [1.165, 1.54) is 86.7 Å². The van der Waals surface area contributed by atoms with Crippen LogP contribution in [0.4, 0.5) is 5.69 Å². The Morgan fingerprint density at radius 3 is 1.29 bits per heavy atom. The topological polar surface area (TPSA) is 176 Å². The molecule has 0 unspecified atom stereocenters. The van der Waals surface area contributed by atoms with E-state index in [0.717, 1.165) is 90.4 Å². The maximum absolute atomic E-state index is 9.79. The molecule has 5 N–H and O–H groups in total. The minimum atomic E-state index is 0.262. The molecule has 10 heterocycles. The van der Waals surface area contributed by atoms with Crippen molar-refractivity contribution in [1.29, 1.82) is 0 Å². The van der Waals surface area contributed by atoms with Crippen LogP contribution in [-0.2, 0) is 0 Å². The number of phenolic OH excluding ortho intramolecular Hbond substituents is 1. The highest BCUT2D eigenvalue weighted by Crippen LogP contribution is 2.41. The Labute approximate surface area is 704 Å². The van der Waals surface area contributed by atoms with E-state index in [-0.39, 0.29) is 8.93 Å². The van der Waals surface area contributed by atoms with Gasteiger partial charge in [0.15, 0.2) is 0 Å². The summed E-state index contributed by atoms with van der Waals surface area (Å²) < 4.78 is 20.5. The number of anilines is 1. The first kappa shape index (κ1) is 76.4. The second kappa shape index (κ2) is 35.2. The average Bonchev–Trinajstić information content (AvgIpc) is 1.57. The standard InChI is InChI=1S/C19H13N3.C18H14N2O.C17H12N2O.C14H8BrN.C13H11NO.2C5H4IN.BBr3/c20-14-10-13-8-7-12-4-3-5-15-18(12)19(13)16(11-14)22(15)17-6-1-2-9-21-17;1-21-13-9-10-15-14-6-2-3-7-16(14)20(17(15)12-13)18-8-4-5-11-19-18;20-12-8-9-14-13-5-1-2-6-15(13)19(16(14)11-12)17-7-3-4-10-18-17;15-10-6-9-5-4-8-2-1-3-11-13(8)14(9)12(7-10)16-11;1-15-9-6-7-11-10-4-2-3-5-12(10)14-13(11)8-9;2*6-5-3-1-2-4-7-5;2-1(3)4/h1-11H,20H2;2-12H,1H3;1-11,20H;1-7,16H;2-8,14H,1H3;2*1-4H;. The fraction of sp³-hybridized carbons (Fsp3) is 0.0220. The summed E-state index contributed by atoms with van der Waals surface area (Å²) in [7, 11) is 3.37. The minimum Gasteiger partial charge on any atom is -0.508 e. The summed E-state index contributed by atoms with van der Waals surface area (Å²) in [5.74, 6) is 4.67. The Hall–Kier alpha value is -10.9. The summed E-state index contributed by atoms with van der Waals surface area (Å²) >= 11 is 17.2. The summed E-state index contributed by atoms with van der Waals surface area (Å²) in [5.41, 5.74) is 18.2.